The smallest absolute Gasteiger partial charge is 0.274 e. The van der Waals surface area contributed by atoms with Gasteiger partial charge in [0, 0.05) is 28.9 Å². The molecule has 0 N–H and O–H groups in total. The molecule has 0 aliphatic carbocycles. The predicted molar refractivity (Wildman–Crippen MR) is 144 cm³/mol. The quantitative estimate of drug-likeness (QED) is 0.192. The molecule has 0 fully saturated rings. The van der Waals surface area contributed by atoms with Crippen molar-refractivity contribution in [3.63, 3.8) is 0 Å². The maximum atomic E-state index is 11.3. The Balaban J connectivity index is 0.00000342. The second-order valence-electron chi connectivity index (χ2n) is 7.94. The molecule has 2 heterocycles. The van der Waals surface area contributed by atoms with Crippen molar-refractivity contribution < 1.29 is 14.4 Å². The molecular weight excluding hydrogens is 554 g/mol. The second kappa shape index (κ2) is 12.9. The number of rotatable bonds is 11. The molecule has 0 saturated carbocycles. The molecule has 1 unspecified atom stereocenters. The summed E-state index contributed by atoms with van der Waals surface area (Å²) >= 11 is 7.72. The number of benzene rings is 2. The van der Waals surface area contributed by atoms with Gasteiger partial charge in [0.1, 0.15) is 11.9 Å². The van der Waals surface area contributed by atoms with Crippen LogP contribution in [0.25, 0.3) is 0 Å². The monoisotopic (exact) mass is 579 g/mol. The van der Waals surface area contributed by atoms with E-state index in [9.17, 15) is 10.1 Å². The molecule has 186 valence electrons. The molecule has 1 aliphatic heterocycles. The van der Waals surface area contributed by atoms with E-state index >= 15 is 0 Å². The Hall–Kier alpha value is -2.59. The number of nitrogens with zero attached hydrogens (tertiary/aromatic N) is 3. The highest BCUT2D eigenvalue weighted by atomic mass is 79.9. The molecule has 1 aromatic heterocycles. The first kappa shape index (κ1) is 27.0. The van der Waals surface area contributed by atoms with Gasteiger partial charge in [-0.25, -0.2) is 0 Å². The van der Waals surface area contributed by atoms with Crippen LogP contribution in [0.3, 0.4) is 0 Å². The number of thiophene rings is 1. The first-order chi connectivity index (χ1) is 16.5. The maximum Gasteiger partial charge on any atom is 0.274 e. The molecular formula is C25H27BrClN3O4S. The second-order valence-corrected chi connectivity index (χ2v) is 9.69. The van der Waals surface area contributed by atoms with E-state index in [4.69, 9.17) is 21.1 Å². The van der Waals surface area contributed by atoms with Crippen molar-refractivity contribution in [2.24, 2.45) is 0 Å². The van der Waals surface area contributed by atoms with Gasteiger partial charge in [0.05, 0.1) is 42.7 Å². The molecule has 0 amide bonds. The Morgan fingerprint density at radius 3 is 2.51 bits per heavy atom. The lowest BCUT2D eigenvalue weighted by Gasteiger charge is -2.26. The Bertz CT molecular complexity index is 1140. The summed E-state index contributed by atoms with van der Waals surface area (Å²) < 4.78 is 12.3. The molecule has 1 aliphatic rings. The van der Waals surface area contributed by atoms with E-state index in [1.165, 1.54) is 16.9 Å². The normalized spacial score (nSPS) is 13.5. The fourth-order valence-electron chi connectivity index (χ4n) is 3.83. The number of hydrogen-bond acceptors (Lipinski definition) is 7. The number of nitro groups is 1. The fraction of sp³-hybridized carbons (Fsp3) is 0.280. The highest BCUT2D eigenvalue weighted by Crippen LogP contribution is 2.31. The van der Waals surface area contributed by atoms with Crippen molar-refractivity contribution in [2.45, 2.75) is 19.1 Å². The van der Waals surface area contributed by atoms with Crippen molar-refractivity contribution in [3.8, 4) is 5.75 Å². The minimum Gasteiger partial charge on any atom is -0.497 e. The molecule has 10 heteroatoms. The zero-order chi connectivity index (χ0) is 23.9. The van der Waals surface area contributed by atoms with Gasteiger partial charge < -0.3 is 19.3 Å². The van der Waals surface area contributed by atoms with E-state index in [0.29, 0.717) is 31.9 Å². The number of nitro benzene ring substituents is 1. The molecule has 2 aromatic carbocycles. The molecule has 0 saturated heterocycles. The molecule has 35 heavy (non-hydrogen) atoms. The number of halogens is 2. The number of hydrogen-bond donors (Lipinski definition) is 0. The Morgan fingerprint density at radius 2 is 1.83 bits per heavy atom. The molecule has 0 bridgehead atoms. The standard InChI is InChI=1S/C25H26ClN3O4S.BrH/c1-32-21-8-6-19(7-9-21)12-15-33-23(24-10-11-25(26)34-24)17-28-14-13-27(18-28)16-20-4-2-3-5-22(20)29(30)31;/h2-11,13-14,23H,12,15-18H2,1H3;1H. The Kier molecular flexibility index (Phi) is 9.97. The third kappa shape index (κ3) is 7.44. The van der Waals surface area contributed by atoms with Gasteiger partial charge in [0.15, 0.2) is 0 Å². The van der Waals surface area contributed by atoms with Gasteiger partial charge in [-0.05, 0) is 36.2 Å². The predicted octanol–water partition coefficient (Wildman–Crippen LogP) is 6.44. The van der Waals surface area contributed by atoms with Crippen LogP contribution < -0.4 is 4.74 Å². The van der Waals surface area contributed by atoms with Crippen molar-refractivity contribution in [2.75, 3.05) is 26.9 Å². The molecule has 3 aromatic rings. The number of ether oxygens (including phenoxy) is 2. The van der Waals surface area contributed by atoms with Gasteiger partial charge >= 0.3 is 0 Å². The van der Waals surface area contributed by atoms with Crippen molar-refractivity contribution in [3.05, 3.63) is 104 Å². The minimum absolute atomic E-state index is 0. The summed E-state index contributed by atoms with van der Waals surface area (Å²) in [4.78, 5) is 16.3. The van der Waals surface area contributed by atoms with Crippen LogP contribution in [0.4, 0.5) is 5.69 Å². The van der Waals surface area contributed by atoms with E-state index in [2.05, 4.69) is 9.80 Å². The average molecular weight is 581 g/mol. The molecule has 7 nitrogen and oxygen atoms in total. The zero-order valence-electron chi connectivity index (χ0n) is 19.2. The highest BCUT2D eigenvalue weighted by Gasteiger charge is 2.22. The van der Waals surface area contributed by atoms with Gasteiger partial charge in [0.25, 0.3) is 5.69 Å². The third-order valence-corrected chi connectivity index (χ3v) is 6.92. The van der Waals surface area contributed by atoms with Gasteiger partial charge in [0.2, 0.25) is 0 Å². The van der Waals surface area contributed by atoms with E-state index in [0.717, 1.165) is 21.4 Å². The van der Waals surface area contributed by atoms with Crippen molar-refractivity contribution >= 4 is 45.6 Å². The molecule has 0 spiro atoms. The van der Waals surface area contributed by atoms with Crippen LogP contribution in [-0.2, 0) is 17.7 Å². The van der Waals surface area contributed by atoms with Crippen LogP contribution in [0.5, 0.6) is 5.75 Å². The Labute approximate surface area is 224 Å². The molecule has 4 rings (SSSR count). The lowest BCUT2D eigenvalue weighted by Crippen LogP contribution is -2.29. The summed E-state index contributed by atoms with van der Waals surface area (Å²) in [6.45, 7) is 2.33. The summed E-state index contributed by atoms with van der Waals surface area (Å²) in [6.07, 6.45) is 4.63. The number of methoxy groups -OCH3 is 1. The van der Waals surface area contributed by atoms with Crippen molar-refractivity contribution in [1.82, 2.24) is 9.80 Å². The van der Waals surface area contributed by atoms with Crippen LogP contribution in [-0.4, -0.2) is 41.7 Å². The zero-order valence-corrected chi connectivity index (χ0v) is 22.5. The lowest BCUT2D eigenvalue weighted by molar-refractivity contribution is -0.385. The summed E-state index contributed by atoms with van der Waals surface area (Å²) in [7, 11) is 1.66. The van der Waals surface area contributed by atoms with Crippen molar-refractivity contribution in [1.29, 1.82) is 0 Å². The van der Waals surface area contributed by atoms with Crippen LogP contribution in [0, 0.1) is 10.1 Å². The number of para-hydroxylation sites is 1. The van der Waals surface area contributed by atoms with Crippen LogP contribution >= 0.6 is 39.9 Å². The van der Waals surface area contributed by atoms with Crippen LogP contribution in [0.2, 0.25) is 4.34 Å². The summed E-state index contributed by atoms with van der Waals surface area (Å²) in [5.41, 5.74) is 2.01. The van der Waals surface area contributed by atoms with Gasteiger partial charge in [-0.2, -0.15) is 0 Å². The van der Waals surface area contributed by atoms with E-state index in [1.54, 1.807) is 25.3 Å². The van der Waals surface area contributed by atoms with Gasteiger partial charge in [-0.15, -0.1) is 28.3 Å². The van der Waals surface area contributed by atoms with Gasteiger partial charge in [-0.1, -0.05) is 41.9 Å². The van der Waals surface area contributed by atoms with Crippen LogP contribution in [0.1, 0.15) is 22.1 Å². The maximum absolute atomic E-state index is 11.3. The lowest BCUT2D eigenvalue weighted by atomic mass is 10.1. The first-order valence-corrected chi connectivity index (χ1v) is 12.1. The highest BCUT2D eigenvalue weighted by molar-refractivity contribution is 8.93. The molecule has 0 radical (unpaired) electrons. The Morgan fingerprint density at radius 1 is 1.09 bits per heavy atom. The molecule has 1 atom stereocenters. The third-order valence-electron chi connectivity index (χ3n) is 5.59. The van der Waals surface area contributed by atoms with Gasteiger partial charge in [-0.3, -0.25) is 10.1 Å². The van der Waals surface area contributed by atoms with Crippen LogP contribution in [0.15, 0.2) is 73.1 Å². The summed E-state index contributed by atoms with van der Waals surface area (Å²) in [5.74, 6) is 0.835. The summed E-state index contributed by atoms with van der Waals surface area (Å²) in [6, 6.07) is 18.7. The largest absolute Gasteiger partial charge is 0.497 e. The minimum atomic E-state index is -0.333. The van der Waals surface area contributed by atoms with E-state index in [1.807, 2.05) is 54.9 Å². The van der Waals surface area contributed by atoms with E-state index < -0.39 is 0 Å². The topological polar surface area (TPSA) is 68.1 Å². The first-order valence-electron chi connectivity index (χ1n) is 10.9. The summed E-state index contributed by atoms with van der Waals surface area (Å²) in [5, 5.41) is 11.3. The van der Waals surface area contributed by atoms with E-state index in [-0.39, 0.29) is 33.7 Å². The fourth-order valence-corrected chi connectivity index (χ4v) is 4.93. The SMILES string of the molecule is Br.COc1ccc(CCOC(CN2C=CN(Cc3ccccc3[N+](=O)[O-])C2)c2ccc(Cl)s2)cc1. The average Bonchev–Trinajstić information content (AvgIpc) is 3.47.